The number of hydrogen-bond donors (Lipinski definition) is 3. The number of likely N-dealkylation sites (tertiary alicyclic amines) is 2. The number of aliphatic carboxylic acids is 1. The molecule has 2 atom stereocenters. The molecule has 3 aromatic carbocycles. The number of alkyl halides is 3. The second kappa shape index (κ2) is 16.6. The number of methoxy groups -OCH3 is 2. The molecule has 0 saturated carbocycles. The number of nitrogens with one attached hydrogen (secondary N) is 1. The molecule has 55 heavy (non-hydrogen) atoms. The SMILES string of the molecule is COc1cc(C(=O)Nc2cccc(-c3cccc(/C=C/c4cc(OC)c(CN5CCC[C@H]5C(=O)O)cc4C(F)(F)F)c3C)c2C)ncc1CN1CC[C@@H](O)C1. The Bertz CT molecular complexity index is 2100. The molecule has 4 aromatic rings. The predicted molar refractivity (Wildman–Crippen MR) is 204 cm³/mol. The summed E-state index contributed by atoms with van der Waals surface area (Å²) in [4.78, 5) is 33.3. The number of aromatic nitrogens is 1. The second-order valence-corrected chi connectivity index (χ2v) is 14.1. The van der Waals surface area contributed by atoms with E-state index in [0.717, 1.165) is 40.4 Å². The van der Waals surface area contributed by atoms with Gasteiger partial charge in [-0.3, -0.25) is 24.4 Å². The summed E-state index contributed by atoms with van der Waals surface area (Å²) < 4.78 is 54.5. The van der Waals surface area contributed by atoms with Gasteiger partial charge in [0.15, 0.2) is 0 Å². The molecular formula is C42H45F3N4O6. The molecule has 1 aromatic heterocycles. The van der Waals surface area contributed by atoms with E-state index in [0.29, 0.717) is 55.9 Å². The van der Waals surface area contributed by atoms with Crippen LogP contribution in [0.1, 0.15) is 68.7 Å². The van der Waals surface area contributed by atoms with Crippen LogP contribution >= 0.6 is 0 Å². The fourth-order valence-corrected chi connectivity index (χ4v) is 7.50. The first-order valence-electron chi connectivity index (χ1n) is 18.1. The van der Waals surface area contributed by atoms with E-state index in [9.17, 15) is 33.0 Å². The zero-order valence-electron chi connectivity index (χ0n) is 31.2. The van der Waals surface area contributed by atoms with E-state index in [1.54, 1.807) is 29.3 Å². The van der Waals surface area contributed by atoms with Crippen molar-refractivity contribution in [2.75, 3.05) is 39.2 Å². The van der Waals surface area contributed by atoms with Gasteiger partial charge in [0.1, 0.15) is 23.2 Å². The first-order chi connectivity index (χ1) is 26.3. The third-order valence-corrected chi connectivity index (χ3v) is 10.5. The molecule has 0 aliphatic carbocycles. The number of halogens is 3. The Balaban J connectivity index is 1.24. The van der Waals surface area contributed by atoms with Crippen LogP contribution in [0.4, 0.5) is 18.9 Å². The molecule has 3 N–H and O–H groups in total. The molecule has 10 nitrogen and oxygen atoms in total. The highest BCUT2D eigenvalue weighted by molar-refractivity contribution is 6.04. The number of benzene rings is 3. The van der Waals surface area contributed by atoms with Gasteiger partial charge in [-0.1, -0.05) is 42.5 Å². The zero-order valence-corrected chi connectivity index (χ0v) is 31.2. The summed E-state index contributed by atoms with van der Waals surface area (Å²) in [6.45, 7) is 6.16. The number of aliphatic hydroxyl groups excluding tert-OH is 1. The molecule has 1 amide bonds. The molecule has 6 rings (SSSR count). The lowest BCUT2D eigenvalue weighted by Crippen LogP contribution is -2.35. The van der Waals surface area contributed by atoms with Crippen molar-refractivity contribution in [2.45, 2.75) is 64.5 Å². The number of hydrogen-bond acceptors (Lipinski definition) is 8. The third kappa shape index (κ3) is 8.85. The topological polar surface area (TPSA) is 124 Å². The van der Waals surface area contributed by atoms with Crippen LogP contribution in [0.2, 0.25) is 0 Å². The highest BCUT2D eigenvalue weighted by Crippen LogP contribution is 2.39. The van der Waals surface area contributed by atoms with Gasteiger partial charge in [0.05, 0.1) is 25.9 Å². The number of nitrogens with zero attached hydrogens (tertiary/aromatic N) is 3. The Morgan fingerprint density at radius 1 is 0.909 bits per heavy atom. The fourth-order valence-electron chi connectivity index (χ4n) is 7.50. The maximum absolute atomic E-state index is 14.5. The van der Waals surface area contributed by atoms with Crippen LogP contribution in [0.25, 0.3) is 23.3 Å². The van der Waals surface area contributed by atoms with Gasteiger partial charge in [-0.25, -0.2) is 0 Å². The van der Waals surface area contributed by atoms with E-state index in [1.165, 1.54) is 26.4 Å². The number of carbonyl (C=O) groups excluding carboxylic acids is 1. The van der Waals surface area contributed by atoms with Crippen molar-refractivity contribution in [2.24, 2.45) is 0 Å². The van der Waals surface area contributed by atoms with Crippen LogP contribution in [0.15, 0.2) is 60.8 Å². The molecule has 2 fully saturated rings. The first kappa shape index (κ1) is 39.5. The minimum atomic E-state index is -4.67. The number of carbonyl (C=O) groups is 2. The first-order valence-corrected chi connectivity index (χ1v) is 18.1. The number of anilines is 1. The standard InChI is InChI=1S/C42H45F3N4O6/c1-25-27(13-14-28-19-38(54-3)29(18-34(28)42(43,44)45)23-49-16-7-12-37(49)41(52)53)8-5-9-32(25)33-10-6-11-35(26(33)2)47-40(51)36-20-39(55-4)30(21-46-36)22-48-17-15-31(50)24-48/h5-6,8-11,13-14,18-21,31,37,50H,7,12,15-17,22-24H2,1-4H3,(H,47,51)(H,52,53)/b14-13+/t31-,37+/m1/s1. The van der Waals surface area contributed by atoms with Crippen LogP contribution in [-0.2, 0) is 24.1 Å². The lowest BCUT2D eigenvalue weighted by molar-refractivity contribution is -0.142. The van der Waals surface area contributed by atoms with Crippen molar-refractivity contribution < 1.29 is 42.4 Å². The van der Waals surface area contributed by atoms with Crippen molar-refractivity contribution in [3.63, 3.8) is 0 Å². The number of carboxylic acids is 1. The quantitative estimate of drug-likeness (QED) is 0.127. The van der Waals surface area contributed by atoms with E-state index in [-0.39, 0.29) is 35.2 Å². The number of β-amino-alcohol motifs (C(OH)–C–C–N with tert-alkyl or cyclic N) is 1. The summed E-state index contributed by atoms with van der Waals surface area (Å²) in [5.74, 6) is -0.636. The van der Waals surface area contributed by atoms with E-state index in [2.05, 4.69) is 15.2 Å². The van der Waals surface area contributed by atoms with E-state index in [4.69, 9.17) is 9.47 Å². The average Bonchev–Trinajstić information content (AvgIpc) is 3.80. The van der Waals surface area contributed by atoms with Crippen molar-refractivity contribution in [3.8, 4) is 22.6 Å². The molecule has 290 valence electrons. The average molecular weight is 759 g/mol. The molecule has 0 unspecified atom stereocenters. The summed E-state index contributed by atoms with van der Waals surface area (Å²) in [5, 5.41) is 22.4. The molecular weight excluding hydrogens is 713 g/mol. The fraction of sp³-hybridized carbons (Fsp3) is 0.357. The van der Waals surface area contributed by atoms with E-state index >= 15 is 0 Å². The summed E-state index contributed by atoms with van der Waals surface area (Å²) in [5.41, 5.74) is 4.91. The molecule has 2 aliphatic rings. The number of amides is 1. The van der Waals surface area contributed by atoms with Gasteiger partial charge < -0.3 is 25.0 Å². The Hall–Kier alpha value is -5.24. The Morgan fingerprint density at radius 2 is 1.60 bits per heavy atom. The van der Waals surface area contributed by atoms with Gasteiger partial charge >= 0.3 is 12.1 Å². The molecule has 2 aliphatic heterocycles. The lowest BCUT2D eigenvalue weighted by Gasteiger charge is -2.23. The normalized spacial score (nSPS) is 17.9. The van der Waals surface area contributed by atoms with Gasteiger partial charge in [-0.05, 0) is 91.2 Å². The number of rotatable bonds is 12. The maximum atomic E-state index is 14.5. The van der Waals surface area contributed by atoms with Crippen molar-refractivity contribution in [3.05, 3.63) is 105 Å². The largest absolute Gasteiger partial charge is 0.496 e. The van der Waals surface area contributed by atoms with E-state index < -0.39 is 29.7 Å². The molecule has 3 heterocycles. The van der Waals surface area contributed by atoms with Gasteiger partial charge in [-0.15, -0.1) is 0 Å². The van der Waals surface area contributed by atoms with Crippen LogP contribution in [-0.4, -0.2) is 82.9 Å². The minimum Gasteiger partial charge on any atom is -0.496 e. The van der Waals surface area contributed by atoms with Gasteiger partial charge in [0.2, 0.25) is 0 Å². The third-order valence-electron chi connectivity index (χ3n) is 10.5. The number of ether oxygens (including phenoxy) is 2. The highest BCUT2D eigenvalue weighted by atomic mass is 19.4. The summed E-state index contributed by atoms with van der Waals surface area (Å²) >= 11 is 0. The van der Waals surface area contributed by atoms with Crippen LogP contribution in [0.5, 0.6) is 11.5 Å². The van der Waals surface area contributed by atoms with Gasteiger partial charge in [-0.2, -0.15) is 13.2 Å². The van der Waals surface area contributed by atoms with Crippen molar-refractivity contribution >= 4 is 29.7 Å². The maximum Gasteiger partial charge on any atom is 0.417 e. The lowest BCUT2D eigenvalue weighted by atomic mass is 9.92. The summed E-state index contributed by atoms with van der Waals surface area (Å²) in [6, 6.07) is 14.4. The molecule has 0 radical (unpaired) electrons. The number of aliphatic hydroxyl groups is 1. The summed E-state index contributed by atoms with van der Waals surface area (Å²) in [7, 11) is 2.92. The summed E-state index contributed by atoms with van der Waals surface area (Å²) in [6.07, 6.45) is 1.46. The smallest absolute Gasteiger partial charge is 0.417 e. The van der Waals surface area contributed by atoms with Crippen LogP contribution < -0.4 is 14.8 Å². The molecule has 13 heteroatoms. The Morgan fingerprint density at radius 3 is 2.27 bits per heavy atom. The second-order valence-electron chi connectivity index (χ2n) is 14.1. The predicted octanol–water partition coefficient (Wildman–Crippen LogP) is 7.44. The zero-order chi connectivity index (χ0) is 39.4. The minimum absolute atomic E-state index is 0.0233. The molecule has 2 saturated heterocycles. The van der Waals surface area contributed by atoms with Crippen molar-refractivity contribution in [1.29, 1.82) is 0 Å². The van der Waals surface area contributed by atoms with Gasteiger partial charge in [0, 0.05) is 55.3 Å². The monoisotopic (exact) mass is 758 g/mol. The van der Waals surface area contributed by atoms with Crippen LogP contribution in [0, 0.1) is 13.8 Å². The highest BCUT2D eigenvalue weighted by Gasteiger charge is 2.36. The number of carboxylic acid groups (broad SMARTS) is 1. The molecule has 0 bridgehead atoms. The van der Waals surface area contributed by atoms with Crippen LogP contribution in [0.3, 0.4) is 0 Å². The number of pyridine rings is 1. The Kier molecular flexibility index (Phi) is 11.9. The van der Waals surface area contributed by atoms with Gasteiger partial charge in [0.25, 0.3) is 5.91 Å². The Labute approximate surface area is 318 Å². The van der Waals surface area contributed by atoms with Crippen molar-refractivity contribution in [1.82, 2.24) is 14.8 Å². The molecule has 0 spiro atoms. The van der Waals surface area contributed by atoms with E-state index in [1.807, 2.05) is 44.2 Å².